The summed E-state index contributed by atoms with van der Waals surface area (Å²) in [6.45, 7) is 5.09. The Kier molecular flexibility index (Phi) is 6.65. The van der Waals surface area contributed by atoms with Gasteiger partial charge in [-0.15, -0.1) is 0 Å². The third-order valence-electron chi connectivity index (χ3n) is 5.19. The largest absolute Gasteiger partial charge is 0.467 e. The van der Waals surface area contributed by atoms with Gasteiger partial charge in [0.2, 0.25) is 0 Å². The molecule has 0 aliphatic carbocycles. The molecule has 0 aliphatic rings. The highest BCUT2D eigenvalue weighted by molar-refractivity contribution is 6.33. The zero-order chi connectivity index (χ0) is 22.7. The fraction of sp³-hybridized carbons (Fsp3) is 0.261. The van der Waals surface area contributed by atoms with Gasteiger partial charge in [-0.25, -0.2) is 4.79 Å². The number of ketones is 1. The standard InChI is InChI=1S/C23H23ClN2O5/c1-13-19(14(2)25-20(13)23(29)30-4)21(27)15(3)26(12-16-8-7-11-31-16)22(28)17-9-5-6-10-18(17)24/h5-11,15,25H,12H2,1-4H3/t15-/m1/s1. The normalized spacial score (nSPS) is 11.8. The zero-order valence-corrected chi connectivity index (χ0v) is 18.4. The van der Waals surface area contributed by atoms with E-state index < -0.39 is 17.9 Å². The topological polar surface area (TPSA) is 92.6 Å². The first-order valence-electron chi connectivity index (χ1n) is 9.65. The van der Waals surface area contributed by atoms with Gasteiger partial charge in [-0.1, -0.05) is 23.7 Å². The Morgan fingerprint density at radius 3 is 2.48 bits per heavy atom. The molecule has 1 atom stereocenters. The summed E-state index contributed by atoms with van der Waals surface area (Å²) in [5, 5.41) is 0.290. The fourth-order valence-electron chi connectivity index (χ4n) is 3.52. The summed E-state index contributed by atoms with van der Waals surface area (Å²) in [5.74, 6) is -0.750. The Bertz CT molecular complexity index is 1120. The van der Waals surface area contributed by atoms with E-state index in [1.165, 1.54) is 18.3 Å². The smallest absolute Gasteiger partial charge is 0.354 e. The van der Waals surface area contributed by atoms with Crippen LogP contribution in [-0.2, 0) is 11.3 Å². The number of methoxy groups -OCH3 is 1. The second-order valence-electron chi connectivity index (χ2n) is 7.15. The van der Waals surface area contributed by atoms with Gasteiger partial charge in [0.1, 0.15) is 11.5 Å². The molecule has 2 aromatic heterocycles. The summed E-state index contributed by atoms with van der Waals surface area (Å²) < 4.78 is 10.2. The number of aromatic nitrogens is 1. The fourth-order valence-corrected chi connectivity index (χ4v) is 3.74. The lowest BCUT2D eigenvalue weighted by molar-refractivity contribution is 0.0590. The van der Waals surface area contributed by atoms with Gasteiger partial charge in [-0.3, -0.25) is 9.59 Å². The highest BCUT2D eigenvalue weighted by atomic mass is 35.5. The van der Waals surface area contributed by atoms with E-state index in [1.54, 1.807) is 57.2 Å². The molecule has 0 unspecified atom stereocenters. The van der Waals surface area contributed by atoms with E-state index in [0.29, 0.717) is 27.6 Å². The summed E-state index contributed by atoms with van der Waals surface area (Å²) in [4.78, 5) is 43.2. The first-order valence-corrected chi connectivity index (χ1v) is 10.0. The second kappa shape index (κ2) is 9.22. The van der Waals surface area contributed by atoms with Crippen molar-refractivity contribution in [2.75, 3.05) is 7.11 Å². The molecule has 1 amide bonds. The summed E-state index contributed by atoms with van der Waals surface area (Å²) in [7, 11) is 1.27. The Morgan fingerprint density at radius 2 is 1.87 bits per heavy atom. The number of H-pyrrole nitrogens is 1. The molecule has 0 spiro atoms. The van der Waals surface area contributed by atoms with Crippen LogP contribution in [0.4, 0.5) is 0 Å². The highest BCUT2D eigenvalue weighted by Gasteiger charge is 2.32. The lowest BCUT2D eigenvalue weighted by atomic mass is 9.99. The van der Waals surface area contributed by atoms with E-state index in [1.807, 2.05) is 0 Å². The van der Waals surface area contributed by atoms with Gasteiger partial charge in [-0.05, 0) is 50.6 Å². The molecule has 2 heterocycles. The van der Waals surface area contributed by atoms with Crippen molar-refractivity contribution in [3.05, 3.63) is 81.5 Å². The molecule has 162 valence electrons. The molecule has 3 aromatic rings. The maximum Gasteiger partial charge on any atom is 0.354 e. The molecule has 0 aliphatic heterocycles. The number of benzene rings is 1. The number of carbonyl (C=O) groups excluding carboxylic acids is 3. The average molecular weight is 443 g/mol. The van der Waals surface area contributed by atoms with Crippen molar-refractivity contribution in [1.29, 1.82) is 0 Å². The number of aryl methyl sites for hydroxylation is 1. The van der Waals surface area contributed by atoms with E-state index in [0.717, 1.165) is 0 Å². The van der Waals surface area contributed by atoms with Gasteiger partial charge in [0.15, 0.2) is 5.78 Å². The number of Topliss-reactive ketones (excluding diaryl/α,β-unsaturated/α-hetero) is 1. The Morgan fingerprint density at radius 1 is 1.16 bits per heavy atom. The number of rotatable bonds is 7. The average Bonchev–Trinajstić information content (AvgIpc) is 3.37. The SMILES string of the molecule is COC(=O)c1[nH]c(C)c(C(=O)[C@@H](C)N(Cc2ccco2)C(=O)c2ccccc2Cl)c1C. The molecule has 3 rings (SSSR count). The molecular weight excluding hydrogens is 420 g/mol. The third-order valence-corrected chi connectivity index (χ3v) is 5.52. The molecule has 1 N–H and O–H groups in total. The van der Waals surface area contributed by atoms with Crippen LogP contribution in [0, 0.1) is 13.8 Å². The van der Waals surface area contributed by atoms with Gasteiger partial charge in [0.25, 0.3) is 5.91 Å². The summed E-state index contributed by atoms with van der Waals surface area (Å²) in [6, 6.07) is 9.25. The van der Waals surface area contributed by atoms with E-state index >= 15 is 0 Å². The number of hydrogen-bond donors (Lipinski definition) is 1. The van der Waals surface area contributed by atoms with Crippen LogP contribution in [0.1, 0.15) is 55.1 Å². The van der Waals surface area contributed by atoms with Gasteiger partial charge in [-0.2, -0.15) is 0 Å². The summed E-state index contributed by atoms with van der Waals surface area (Å²) in [5.41, 5.74) is 1.85. The van der Waals surface area contributed by atoms with Gasteiger partial charge in [0.05, 0.1) is 36.5 Å². The van der Waals surface area contributed by atoms with Crippen molar-refractivity contribution in [2.45, 2.75) is 33.4 Å². The van der Waals surface area contributed by atoms with Crippen molar-refractivity contribution in [3.8, 4) is 0 Å². The van der Waals surface area contributed by atoms with Crippen molar-refractivity contribution in [1.82, 2.24) is 9.88 Å². The van der Waals surface area contributed by atoms with E-state index in [-0.39, 0.29) is 23.6 Å². The van der Waals surface area contributed by atoms with Crippen molar-refractivity contribution >= 4 is 29.3 Å². The predicted octanol–water partition coefficient (Wildman–Crippen LogP) is 4.58. The minimum absolute atomic E-state index is 0.0797. The molecule has 1 aromatic carbocycles. The van der Waals surface area contributed by atoms with Crippen molar-refractivity contribution in [2.24, 2.45) is 0 Å². The quantitative estimate of drug-likeness (QED) is 0.427. The van der Waals surface area contributed by atoms with Gasteiger partial charge in [0, 0.05) is 11.3 Å². The molecular formula is C23H23ClN2O5. The molecule has 0 fully saturated rings. The molecule has 8 heteroatoms. The van der Waals surface area contributed by atoms with Crippen LogP contribution in [-0.4, -0.2) is 40.7 Å². The number of hydrogen-bond acceptors (Lipinski definition) is 5. The molecule has 0 bridgehead atoms. The molecule has 0 saturated carbocycles. The maximum absolute atomic E-state index is 13.5. The Balaban J connectivity index is 2.00. The van der Waals surface area contributed by atoms with E-state index in [2.05, 4.69) is 4.98 Å². The van der Waals surface area contributed by atoms with Crippen LogP contribution < -0.4 is 0 Å². The summed E-state index contributed by atoms with van der Waals surface area (Å²) in [6.07, 6.45) is 1.50. The number of nitrogens with one attached hydrogen (secondary N) is 1. The van der Waals surface area contributed by atoms with Gasteiger partial charge >= 0.3 is 5.97 Å². The minimum atomic E-state index is -0.854. The zero-order valence-electron chi connectivity index (χ0n) is 17.7. The second-order valence-corrected chi connectivity index (χ2v) is 7.56. The van der Waals surface area contributed by atoms with E-state index in [9.17, 15) is 14.4 Å². The van der Waals surface area contributed by atoms with Crippen molar-refractivity contribution < 1.29 is 23.5 Å². The van der Waals surface area contributed by atoms with Crippen molar-refractivity contribution in [3.63, 3.8) is 0 Å². The van der Waals surface area contributed by atoms with E-state index in [4.69, 9.17) is 20.8 Å². The van der Waals surface area contributed by atoms with Gasteiger partial charge < -0.3 is 19.0 Å². The number of esters is 1. The maximum atomic E-state index is 13.5. The third kappa shape index (κ3) is 4.41. The first-order chi connectivity index (χ1) is 14.8. The van der Waals surface area contributed by atoms with Crippen LogP contribution in [0.2, 0.25) is 5.02 Å². The lowest BCUT2D eigenvalue weighted by Gasteiger charge is -2.28. The number of aromatic amines is 1. The number of nitrogens with zero attached hydrogens (tertiary/aromatic N) is 1. The molecule has 0 saturated heterocycles. The Hall–Kier alpha value is -3.32. The van der Waals surface area contributed by atoms with Crippen LogP contribution in [0.5, 0.6) is 0 Å². The van der Waals surface area contributed by atoms with Crippen LogP contribution in [0.25, 0.3) is 0 Å². The summed E-state index contributed by atoms with van der Waals surface area (Å²) >= 11 is 6.24. The first kappa shape index (κ1) is 22.4. The number of amides is 1. The predicted molar refractivity (Wildman–Crippen MR) is 115 cm³/mol. The van der Waals surface area contributed by atoms with Crippen LogP contribution in [0.15, 0.2) is 47.1 Å². The van der Waals surface area contributed by atoms with Crippen LogP contribution >= 0.6 is 11.6 Å². The monoisotopic (exact) mass is 442 g/mol. The number of halogens is 1. The highest BCUT2D eigenvalue weighted by Crippen LogP contribution is 2.25. The number of ether oxygens (including phenoxy) is 1. The molecule has 7 nitrogen and oxygen atoms in total. The number of furan rings is 1. The Labute approximate surface area is 184 Å². The number of carbonyl (C=O) groups is 3. The van der Waals surface area contributed by atoms with Crippen LogP contribution in [0.3, 0.4) is 0 Å². The minimum Gasteiger partial charge on any atom is -0.467 e. The molecule has 31 heavy (non-hydrogen) atoms. The molecule has 0 radical (unpaired) electrons. The lowest BCUT2D eigenvalue weighted by Crippen LogP contribution is -2.43.